The van der Waals surface area contributed by atoms with E-state index in [-0.39, 0.29) is 43.5 Å². The number of aromatic hydroxyl groups is 1. The number of hydrogen-bond acceptors (Lipinski definition) is 6. The van der Waals surface area contributed by atoms with Crippen LogP contribution in [0.25, 0.3) is 6.08 Å². The quantitative estimate of drug-likeness (QED) is 0.431. The molecule has 0 saturated carbocycles. The molecule has 3 N–H and O–H groups in total. The molecule has 27 heavy (non-hydrogen) atoms. The molecule has 0 bridgehead atoms. The van der Waals surface area contributed by atoms with Gasteiger partial charge in [0.25, 0.3) is 5.91 Å². The monoisotopic (exact) mass is 428 g/mol. The maximum Gasteiger partial charge on any atom is 0.305 e. The Kier molecular flexibility index (Phi) is 7.64. The van der Waals surface area contributed by atoms with E-state index in [0.717, 1.165) is 11.8 Å². The van der Waals surface area contributed by atoms with Crippen LogP contribution in [0.15, 0.2) is 23.1 Å². The predicted octanol–water partition coefficient (Wildman–Crippen LogP) is 2.62. The number of carbonyl (C=O) groups excluding carboxylic acids is 2. The van der Waals surface area contributed by atoms with Gasteiger partial charge in [-0.1, -0.05) is 35.6 Å². The van der Waals surface area contributed by atoms with Crippen LogP contribution in [-0.2, 0) is 14.4 Å². The number of carbonyl (C=O) groups is 3. The second-order valence-electron chi connectivity index (χ2n) is 5.63. The lowest BCUT2D eigenvalue weighted by Gasteiger charge is -2.14. The fourth-order valence-electron chi connectivity index (χ4n) is 2.27. The fourth-order valence-corrected chi connectivity index (χ4v) is 3.75. The van der Waals surface area contributed by atoms with Crippen LogP contribution < -0.4 is 5.32 Å². The van der Waals surface area contributed by atoms with Gasteiger partial charge in [-0.2, -0.15) is 0 Å². The second-order valence-corrected chi connectivity index (χ2v) is 7.75. The van der Waals surface area contributed by atoms with Crippen molar-refractivity contribution in [2.45, 2.75) is 19.3 Å². The number of carboxylic acids is 1. The van der Waals surface area contributed by atoms with Crippen molar-refractivity contribution in [2.75, 3.05) is 13.1 Å². The average molecular weight is 429 g/mol. The van der Waals surface area contributed by atoms with Crippen LogP contribution >= 0.6 is 35.6 Å². The average Bonchev–Trinajstić information content (AvgIpc) is 2.85. The summed E-state index contributed by atoms with van der Waals surface area (Å²) in [7, 11) is 0. The minimum absolute atomic E-state index is 0.00250. The second kappa shape index (κ2) is 9.72. The highest BCUT2D eigenvalue weighted by Gasteiger charge is 2.31. The first-order chi connectivity index (χ1) is 12.8. The highest BCUT2D eigenvalue weighted by atomic mass is 35.5. The molecule has 0 aromatic heterocycles. The molecule has 7 nitrogen and oxygen atoms in total. The molecule has 1 aromatic carbocycles. The predicted molar refractivity (Wildman–Crippen MR) is 107 cm³/mol. The molecule has 2 amide bonds. The van der Waals surface area contributed by atoms with E-state index < -0.39 is 5.97 Å². The lowest BCUT2D eigenvalue weighted by molar-refractivity contribution is -0.137. The molecule has 0 atom stereocenters. The van der Waals surface area contributed by atoms with E-state index in [2.05, 4.69) is 5.32 Å². The zero-order chi connectivity index (χ0) is 20.0. The van der Waals surface area contributed by atoms with Crippen LogP contribution in [0.5, 0.6) is 5.75 Å². The molecule has 0 radical (unpaired) electrons. The number of carboxylic acid groups (broad SMARTS) is 1. The first kappa shape index (κ1) is 21.2. The van der Waals surface area contributed by atoms with Crippen molar-refractivity contribution in [3.8, 4) is 5.75 Å². The summed E-state index contributed by atoms with van der Waals surface area (Å²) < 4.78 is 0.374. The number of thioether (sulfide) groups is 1. The van der Waals surface area contributed by atoms with Gasteiger partial charge in [0, 0.05) is 30.1 Å². The largest absolute Gasteiger partial charge is 0.507 e. The molecular weight excluding hydrogens is 412 g/mol. The molecule has 1 aliphatic rings. The summed E-state index contributed by atoms with van der Waals surface area (Å²) in [6.07, 6.45) is 1.94. The Morgan fingerprint density at radius 2 is 2.07 bits per heavy atom. The van der Waals surface area contributed by atoms with Gasteiger partial charge in [0.05, 0.1) is 11.3 Å². The van der Waals surface area contributed by atoms with Crippen molar-refractivity contribution in [3.05, 3.63) is 33.7 Å². The van der Waals surface area contributed by atoms with Crippen LogP contribution in [0, 0.1) is 0 Å². The van der Waals surface area contributed by atoms with Crippen LogP contribution in [0.3, 0.4) is 0 Å². The molecule has 144 valence electrons. The van der Waals surface area contributed by atoms with E-state index in [1.54, 1.807) is 12.1 Å². The first-order valence-electron chi connectivity index (χ1n) is 8.00. The molecule has 0 aliphatic carbocycles. The van der Waals surface area contributed by atoms with E-state index in [4.69, 9.17) is 28.9 Å². The van der Waals surface area contributed by atoms with Crippen LogP contribution in [0.2, 0.25) is 5.02 Å². The SMILES string of the molecule is O=C(O)CCNC(=O)CCCN1C(=O)/C(=C/c2cc(Cl)ccc2O)SC1=S. The molecule has 1 aromatic rings. The number of amides is 2. The standard InChI is InChI=1S/C17H17ClN2O5S2/c18-11-3-4-12(21)10(8-11)9-13-16(25)20(17(26)27-13)7-1-2-14(22)19-6-5-15(23)24/h3-4,8-9,21H,1-2,5-7H2,(H,19,22)(H,23,24)/b13-9-. The third kappa shape index (κ3) is 6.23. The number of thiocarbonyl (C=S) groups is 1. The van der Waals surface area contributed by atoms with Gasteiger partial charge < -0.3 is 15.5 Å². The topological polar surface area (TPSA) is 107 Å². The Labute approximate surface area is 170 Å². The third-order valence-corrected chi connectivity index (χ3v) is 5.21. The Morgan fingerprint density at radius 1 is 1.33 bits per heavy atom. The molecule has 0 spiro atoms. The Morgan fingerprint density at radius 3 is 2.78 bits per heavy atom. The summed E-state index contributed by atoms with van der Waals surface area (Å²) in [4.78, 5) is 36.3. The van der Waals surface area contributed by atoms with Gasteiger partial charge in [-0.3, -0.25) is 19.3 Å². The van der Waals surface area contributed by atoms with Crippen molar-refractivity contribution in [2.24, 2.45) is 0 Å². The number of phenols is 1. The van der Waals surface area contributed by atoms with Crippen LogP contribution in [0.4, 0.5) is 0 Å². The van der Waals surface area contributed by atoms with Crippen LogP contribution in [0.1, 0.15) is 24.8 Å². The van der Waals surface area contributed by atoms with E-state index in [1.807, 2.05) is 0 Å². The highest BCUT2D eigenvalue weighted by Crippen LogP contribution is 2.34. The smallest absolute Gasteiger partial charge is 0.305 e. The lowest BCUT2D eigenvalue weighted by Crippen LogP contribution is -2.31. The molecule has 1 fully saturated rings. The number of nitrogens with zero attached hydrogens (tertiary/aromatic N) is 1. The Balaban J connectivity index is 1.90. The minimum Gasteiger partial charge on any atom is -0.507 e. The molecule has 0 unspecified atom stereocenters. The Hall–Kier alpha value is -2.10. The third-order valence-electron chi connectivity index (χ3n) is 3.60. The van der Waals surface area contributed by atoms with E-state index in [0.29, 0.717) is 26.2 Å². The first-order valence-corrected chi connectivity index (χ1v) is 9.60. The number of hydrogen-bond donors (Lipinski definition) is 3. The highest BCUT2D eigenvalue weighted by molar-refractivity contribution is 8.26. The summed E-state index contributed by atoms with van der Waals surface area (Å²) >= 11 is 12.2. The maximum absolute atomic E-state index is 12.5. The number of benzene rings is 1. The number of nitrogens with one attached hydrogen (secondary N) is 1. The van der Waals surface area contributed by atoms with Crippen molar-refractivity contribution < 1.29 is 24.6 Å². The summed E-state index contributed by atoms with van der Waals surface area (Å²) in [5.41, 5.74) is 0.417. The number of aliphatic carboxylic acids is 1. The summed E-state index contributed by atoms with van der Waals surface area (Å²) in [6, 6.07) is 4.53. The number of rotatable bonds is 8. The summed E-state index contributed by atoms with van der Waals surface area (Å²) in [5.74, 6) is -1.55. The van der Waals surface area contributed by atoms with E-state index >= 15 is 0 Å². The lowest BCUT2D eigenvalue weighted by atomic mass is 10.2. The minimum atomic E-state index is -0.981. The van der Waals surface area contributed by atoms with E-state index in [1.165, 1.54) is 17.0 Å². The Bertz CT molecular complexity index is 813. The van der Waals surface area contributed by atoms with Gasteiger partial charge in [0.1, 0.15) is 10.1 Å². The normalized spacial score (nSPS) is 15.4. The van der Waals surface area contributed by atoms with Crippen LogP contribution in [-0.4, -0.2) is 50.3 Å². The molecule has 1 saturated heterocycles. The van der Waals surface area contributed by atoms with Gasteiger partial charge in [-0.15, -0.1) is 0 Å². The van der Waals surface area contributed by atoms with Crippen molar-refractivity contribution in [1.29, 1.82) is 0 Å². The van der Waals surface area contributed by atoms with Gasteiger partial charge >= 0.3 is 5.97 Å². The number of halogens is 1. The van der Waals surface area contributed by atoms with Gasteiger partial charge in [-0.05, 0) is 30.7 Å². The van der Waals surface area contributed by atoms with Gasteiger partial charge in [0.15, 0.2) is 0 Å². The zero-order valence-corrected chi connectivity index (χ0v) is 16.5. The van der Waals surface area contributed by atoms with Crippen molar-refractivity contribution >= 4 is 63.8 Å². The fraction of sp³-hybridized carbons (Fsp3) is 0.294. The summed E-state index contributed by atoms with van der Waals surface area (Å²) in [5, 5.41) is 21.3. The molecule has 10 heteroatoms. The maximum atomic E-state index is 12.5. The molecule has 1 heterocycles. The van der Waals surface area contributed by atoms with Crippen molar-refractivity contribution in [3.63, 3.8) is 0 Å². The molecule has 1 aliphatic heterocycles. The zero-order valence-electron chi connectivity index (χ0n) is 14.1. The summed E-state index contributed by atoms with van der Waals surface area (Å²) in [6.45, 7) is 0.344. The van der Waals surface area contributed by atoms with Gasteiger partial charge in [-0.25, -0.2) is 0 Å². The van der Waals surface area contributed by atoms with E-state index in [9.17, 15) is 19.5 Å². The molecule has 2 rings (SSSR count). The van der Waals surface area contributed by atoms with Crippen molar-refractivity contribution in [1.82, 2.24) is 10.2 Å². The van der Waals surface area contributed by atoms with Gasteiger partial charge in [0.2, 0.25) is 5.91 Å². The molecular formula is C17H17ClN2O5S2. The number of phenolic OH excluding ortho intramolecular Hbond substituents is 1.